The fourth-order valence-electron chi connectivity index (χ4n) is 5.41. The highest BCUT2D eigenvalue weighted by Crippen LogP contribution is 2.28. The van der Waals surface area contributed by atoms with Gasteiger partial charge in [-0.3, -0.25) is 19.6 Å². The van der Waals surface area contributed by atoms with Gasteiger partial charge in [-0.2, -0.15) is 0 Å². The summed E-state index contributed by atoms with van der Waals surface area (Å²) in [5.74, 6) is 0. The Kier molecular flexibility index (Phi) is 8.03. The van der Waals surface area contributed by atoms with E-state index >= 15 is 0 Å². The molecule has 0 aliphatic carbocycles. The molecule has 0 bridgehead atoms. The first-order chi connectivity index (χ1) is 12.8. The molecule has 0 aromatic carbocycles. The van der Waals surface area contributed by atoms with Crippen molar-refractivity contribution in [3.05, 3.63) is 0 Å². The van der Waals surface area contributed by atoms with Crippen molar-refractivity contribution in [2.75, 3.05) is 39.3 Å². The maximum Gasteiger partial charge on any atom is 0.0198 e. The SMILES string of the molecule is CC(C)N1CCN(C(C)(C)CCC(C)N2CCN(C(C)(C)C)C[C@@H]2C)C[C@H]1C. The predicted molar refractivity (Wildman–Crippen MR) is 123 cm³/mol. The van der Waals surface area contributed by atoms with Crippen molar-refractivity contribution < 1.29 is 0 Å². The van der Waals surface area contributed by atoms with Crippen LogP contribution in [0, 0.1) is 0 Å². The molecule has 0 saturated carbocycles. The van der Waals surface area contributed by atoms with Gasteiger partial charge in [0.1, 0.15) is 0 Å². The number of hydrogen-bond acceptors (Lipinski definition) is 4. The van der Waals surface area contributed by atoms with Crippen LogP contribution in [0.25, 0.3) is 0 Å². The summed E-state index contributed by atoms with van der Waals surface area (Å²) < 4.78 is 0. The lowest BCUT2D eigenvalue weighted by molar-refractivity contribution is -0.0107. The second-order valence-electron chi connectivity index (χ2n) is 11.5. The second kappa shape index (κ2) is 9.32. The van der Waals surface area contributed by atoms with Crippen molar-refractivity contribution in [2.24, 2.45) is 0 Å². The minimum absolute atomic E-state index is 0.292. The molecule has 2 fully saturated rings. The standard InChI is InChI=1S/C24H50N4/c1-19(2)27-15-14-26(18-21(27)4)24(9,10)12-11-20(3)28-16-13-25(17-22(28)5)23(6,7)8/h19-22H,11-18H2,1-10H3/t20?,21-,22+/m1/s1. The third kappa shape index (κ3) is 5.93. The molecule has 0 amide bonds. The fraction of sp³-hybridized carbons (Fsp3) is 1.00. The van der Waals surface area contributed by atoms with Crippen molar-refractivity contribution >= 4 is 0 Å². The zero-order valence-corrected chi connectivity index (χ0v) is 20.8. The van der Waals surface area contributed by atoms with E-state index in [1.54, 1.807) is 0 Å². The van der Waals surface area contributed by atoms with Crippen LogP contribution in [0.15, 0.2) is 0 Å². The van der Waals surface area contributed by atoms with Gasteiger partial charge in [-0.05, 0) is 82.1 Å². The fourth-order valence-corrected chi connectivity index (χ4v) is 5.41. The number of hydrogen-bond donors (Lipinski definition) is 0. The van der Waals surface area contributed by atoms with E-state index in [9.17, 15) is 0 Å². The van der Waals surface area contributed by atoms with E-state index in [0.717, 1.165) is 0 Å². The van der Waals surface area contributed by atoms with Crippen LogP contribution in [0.3, 0.4) is 0 Å². The molecule has 3 atom stereocenters. The zero-order valence-electron chi connectivity index (χ0n) is 20.8. The smallest absolute Gasteiger partial charge is 0.0198 e. The molecule has 0 N–H and O–H groups in total. The van der Waals surface area contributed by atoms with E-state index in [1.165, 1.54) is 52.1 Å². The van der Waals surface area contributed by atoms with Gasteiger partial charge >= 0.3 is 0 Å². The van der Waals surface area contributed by atoms with E-state index in [4.69, 9.17) is 0 Å². The molecular formula is C24H50N4. The van der Waals surface area contributed by atoms with Gasteiger partial charge < -0.3 is 0 Å². The first-order valence-electron chi connectivity index (χ1n) is 11.8. The Bertz CT molecular complexity index is 481. The highest BCUT2D eigenvalue weighted by molar-refractivity contribution is 4.92. The molecule has 4 nitrogen and oxygen atoms in total. The Morgan fingerprint density at radius 2 is 1.25 bits per heavy atom. The van der Waals surface area contributed by atoms with Crippen molar-refractivity contribution in [2.45, 2.75) is 117 Å². The van der Waals surface area contributed by atoms with Gasteiger partial charge in [0.15, 0.2) is 0 Å². The average molecular weight is 395 g/mol. The van der Waals surface area contributed by atoms with E-state index < -0.39 is 0 Å². The van der Waals surface area contributed by atoms with Crippen LogP contribution in [0.4, 0.5) is 0 Å². The van der Waals surface area contributed by atoms with E-state index in [2.05, 4.69) is 88.8 Å². The lowest BCUT2D eigenvalue weighted by Crippen LogP contribution is -2.60. The maximum atomic E-state index is 2.76. The normalized spacial score (nSPS) is 28.8. The summed E-state index contributed by atoms with van der Waals surface area (Å²) in [4.78, 5) is 10.8. The summed E-state index contributed by atoms with van der Waals surface area (Å²) in [6.07, 6.45) is 2.58. The monoisotopic (exact) mass is 394 g/mol. The van der Waals surface area contributed by atoms with Crippen LogP contribution < -0.4 is 0 Å². The van der Waals surface area contributed by atoms with Crippen LogP contribution >= 0.6 is 0 Å². The Morgan fingerprint density at radius 3 is 1.75 bits per heavy atom. The minimum Gasteiger partial charge on any atom is -0.296 e. The third-order valence-corrected chi connectivity index (χ3v) is 7.57. The summed E-state index contributed by atoms with van der Waals surface area (Å²) in [6.45, 7) is 31.2. The van der Waals surface area contributed by atoms with Crippen LogP contribution in [0.2, 0.25) is 0 Å². The van der Waals surface area contributed by atoms with Crippen molar-refractivity contribution in [3.8, 4) is 0 Å². The molecule has 166 valence electrons. The van der Waals surface area contributed by atoms with E-state index in [-0.39, 0.29) is 0 Å². The lowest BCUT2D eigenvalue weighted by atomic mass is 9.91. The van der Waals surface area contributed by atoms with Gasteiger partial charge in [0.25, 0.3) is 0 Å². The van der Waals surface area contributed by atoms with Gasteiger partial charge in [0.05, 0.1) is 0 Å². The predicted octanol–water partition coefficient (Wildman–Crippen LogP) is 4.15. The summed E-state index contributed by atoms with van der Waals surface area (Å²) in [5.41, 5.74) is 0.586. The Hall–Kier alpha value is -0.160. The Labute approximate surface area is 176 Å². The zero-order chi connectivity index (χ0) is 21.3. The average Bonchev–Trinajstić information content (AvgIpc) is 2.58. The number of piperazine rings is 2. The van der Waals surface area contributed by atoms with Gasteiger partial charge in [0.2, 0.25) is 0 Å². The van der Waals surface area contributed by atoms with Crippen LogP contribution in [0.1, 0.15) is 82.1 Å². The third-order valence-electron chi connectivity index (χ3n) is 7.57. The number of nitrogens with zero attached hydrogens (tertiary/aromatic N) is 4. The van der Waals surface area contributed by atoms with Crippen LogP contribution in [-0.2, 0) is 0 Å². The molecule has 0 radical (unpaired) electrons. The van der Waals surface area contributed by atoms with Gasteiger partial charge in [0, 0.05) is 74.5 Å². The molecule has 2 aliphatic rings. The van der Waals surface area contributed by atoms with E-state index in [0.29, 0.717) is 35.2 Å². The van der Waals surface area contributed by atoms with Crippen molar-refractivity contribution in [3.63, 3.8) is 0 Å². The van der Waals surface area contributed by atoms with Gasteiger partial charge in [-0.15, -0.1) is 0 Å². The molecule has 0 spiro atoms. The van der Waals surface area contributed by atoms with Gasteiger partial charge in [-0.1, -0.05) is 0 Å². The Balaban J connectivity index is 1.85. The van der Waals surface area contributed by atoms with Gasteiger partial charge in [-0.25, -0.2) is 0 Å². The minimum atomic E-state index is 0.292. The molecule has 4 heteroatoms. The maximum absolute atomic E-state index is 2.76. The molecule has 0 aromatic heterocycles. The topological polar surface area (TPSA) is 13.0 Å². The van der Waals surface area contributed by atoms with Crippen molar-refractivity contribution in [1.29, 1.82) is 0 Å². The number of rotatable bonds is 6. The summed E-state index contributed by atoms with van der Waals surface area (Å²) >= 11 is 0. The molecule has 2 saturated heterocycles. The lowest BCUT2D eigenvalue weighted by Gasteiger charge is -2.50. The molecular weight excluding hydrogens is 344 g/mol. The summed E-state index contributed by atoms with van der Waals surface area (Å²) in [6, 6.07) is 2.65. The molecule has 28 heavy (non-hydrogen) atoms. The molecule has 1 unspecified atom stereocenters. The van der Waals surface area contributed by atoms with Crippen molar-refractivity contribution in [1.82, 2.24) is 19.6 Å². The largest absolute Gasteiger partial charge is 0.296 e. The molecule has 2 rings (SSSR count). The molecule has 2 aliphatic heterocycles. The second-order valence-corrected chi connectivity index (χ2v) is 11.5. The van der Waals surface area contributed by atoms with Crippen LogP contribution in [0.5, 0.6) is 0 Å². The summed E-state index contributed by atoms with van der Waals surface area (Å²) in [7, 11) is 0. The Morgan fingerprint density at radius 1 is 0.750 bits per heavy atom. The first kappa shape index (κ1) is 24.1. The quantitative estimate of drug-likeness (QED) is 0.671. The highest BCUT2D eigenvalue weighted by atomic mass is 15.3. The first-order valence-corrected chi connectivity index (χ1v) is 11.8. The van der Waals surface area contributed by atoms with Crippen LogP contribution in [-0.4, -0.2) is 94.1 Å². The summed E-state index contributed by atoms with van der Waals surface area (Å²) in [5, 5.41) is 0. The molecule has 2 heterocycles. The van der Waals surface area contributed by atoms with E-state index in [1.807, 2.05) is 0 Å². The highest BCUT2D eigenvalue weighted by Gasteiger charge is 2.36. The molecule has 0 aromatic rings.